The largest absolute Gasteiger partial charge is 0.356 e. The number of aliphatic imine (C=N–C) groups is 1. The van der Waals surface area contributed by atoms with Gasteiger partial charge in [0.2, 0.25) is 0 Å². The predicted octanol–water partition coefficient (Wildman–Crippen LogP) is 2.71. The lowest BCUT2D eigenvalue weighted by Gasteiger charge is -2.41. The lowest BCUT2D eigenvalue weighted by molar-refractivity contribution is 0.0982. The third-order valence-electron chi connectivity index (χ3n) is 5.38. The topological polar surface area (TPSA) is 69.8 Å². The van der Waals surface area contributed by atoms with E-state index in [1.807, 2.05) is 35.8 Å². The molecule has 28 heavy (non-hydrogen) atoms. The average molecular weight is 499 g/mol. The number of likely N-dealkylation sites (tertiary alicyclic amines) is 1. The van der Waals surface area contributed by atoms with E-state index in [2.05, 4.69) is 44.6 Å². The van der Waals surface area contributed by atoms with Crippen LogP contribution in [0.3, 0.4) is 0 Å². The van der Waals surface area contributed by atoms with Crippen LogP contribution in [0.2, 0.25) is 0 Å². The first-order valence-corrected chi connectivity index (χ1v) is 10.1. The van der Waals surface area contributed by atoms with Crippen molar-refractivity contribution < 1.29 is 0 Å². The summed E-state index contributed by atoms with van der Waals surface area (Å²) in [7, 11) is 1.83. The van der Waals surface area contributed by atoms with E-state index in [4.69, 9.17) is 0 Å². The zero-order valence-electron chi connectivity index (χ0n) is 17.3. The molecule has 8 heteroatoms. The zero-order valence-corrected chi connectivity index (χ0v) is 19.6. The van der Waals surface area contributed by atoms with Gasteiger partial charge in [-0.15, -0.1) is 34.2 Å². The van der Waals surface area contributed by atoms with Gasteiger partial charge in [-0.25, -0.2) is 0 Å². The molecule has 1 aliphatic rings. The van der Waals surface area contributed by atoms with Gasteiger partial charge in [0, 0.05) is 38.3 Å². The Hall–Kier alpha value is -1.42. The number of fused-ring (bicyclic) bond motifs is 1. The molecule has 3 heterocycles. The van der Waals surface area contributed by atoms with Gasteiger partial charge in [0.1, 0.15) is 5.82 Å². The van der Waals surface area contributed by atoms with Crippen molar-refractivity contribution in [2.45, 2.75) is 51.5 Å². The Morgan fingerprint density at radius 1 is 1.14 bits per heavy atom. The number of aromatic nitrogens is 3. The van der Waals surface area contributed by atoms with Gasteiger partial charge in [0.05, 0.1) is 0 Å². The van der Waals surface area contributed by atoms with Crippen LogP contribution in [0, 0.1) is 0 Å². The second kappa shape index (κ2) is 10.9. The highest BCUT2D eigenvalue weighted by Crippen LogP contribution is 2.19. The lowest BCUT2D eigenvalue weighted by atomic mass is 9.98. The number of aryl methyl sites for hydroxylation is 1. The van der Waals surface area contributed by atoms with E-state index in [9.17, 15) is 0 Å². The van der Waals surface area contributed by atoms with Crippen molar-refractivity contribution >= 4 is 35.6 Å². The fourth-order valence-electron chi connectivity index (χ4n) is 3.65. The Morgan fingerprint density at radius 3 is 2.68 bits per heavy atom. The lowest BCUT2D eigenvalue weighted by Crippen LogP contribution is -2.54. The second-order valence-corrected chi connectivity index (χ2v) is 7.86. The number of nitrogens with zero attached hydrogens (tertiary/aromatic N) is 5. The summed E-state index contributed by atoms with van der Waals surface area (Å²) in [6, 6.07) is 5.97. The van der Waals surface area contributed by atoms with Gasteiger partial charge >= 0.3 is 0 Å². The number of rotatable bonds is 7. The van der Waals surface area contributed by atoms with Crippen molar-refractivity contribution in [2.24, 2.45) is 4.99 Å². The first kappa shape index (κ1) is 22.9. The minimum Gasteiger partial charge on any atom is -0.356 e. The maximum Gasteiger partial charge on any atom is 0.191 e. The molecule has 2 aromatic rings. The molecule has 1 aliphatic heterocycles. The first-order valence-electron chi connectivity index (χ1n) is 10.1. The molecule has 7 nitrogen and oxygen atoms in total. The molecule has 0 atom stereocenters. The average Bonchev–Trinajstić information content (AvgIpc) is 3.11. The Balaban J connectivity index is 0.00000280. The fourth-order valence-corrected chi connectivity index (χ4v) is 3.65. The molecule has 2 N–H and O–H groups in total. The number of piperidine rings is 1. The number of nitrogens with one attached hydrogen (secondary N) is 2. The van der Waals surface area contributed by atoms with Crippen LogP contribution in [0.4, 0.5) is 0 Å². The molecule has 156 valence electrons. The van der Waals surface area contributed by atoms with Gasteiger partial charge in [-0.3, -0.25) is 14.3 Å². The summed E-state index contributed by atoms with van der Waals surface area (Å²) in [5, 5.41) is 15.4. The van der Waals surface area contributed by atoms with Gasteiger partial charge < -0.3 is 10.6 Å². The van der Waals surface area contributed by atoms with Crippen LogP contribution in [0.1, 0.15) is 45.4 Å². The highest BCUT2D eigenvalue weighted by atomic mass is 127. The minimum absolute atomic E-state index is 0. The predicted molar refractivity (Wildman–Crippen MR) is 126 cm³/mol. The van der Waals surface area contributed by atoms with Crippen molar-refractivity contribution in [3.63, 3.8) is 0 Å². The van der Waals surface area contributed by atoms with E-state index in [0.29, 0.717) is 0 Å². The van der Waals surface area contributed by atoms with Crippen LogP contribution >= 0.6 is 24.0 Å². The number of halogens is 1. The van der Waals surface area contributed by atoms with Crippen LogP contribution < -0.4 is 10.6 Å². The maximum atomic E-state index is 4.36. The third-order valence-corrected chi connectivity index (χ3v) is 5.38. The van der Waals surface area contributed by atoms with E-state index in [1.165, 1.54) is 32.4 Å². The van der Waals surface area contributed by atoms with Crippen LogP contribution in [0.25, 0.3) is 5.65 Å². The summed E-state index contributed by atoms with van der Waals surface area (Å²) >= 11 is 0. The van der Waals surface area contributed by atoms with Crippen molar-refractivity contribution in [1.82, 2.24) is 30.1 Å². The van der Waals surface area contributed by atoms with Crippen LogP contribution in [-0.2, 0) is 6.42 Å². The van der Waals surface area contributed by atoms with E-state index < -0.39 is 0 Å². The summed E-state index contributed by atoms with van der Waals surface area (Å²) in [6.45, 7) is 8.77. The number of hydrogen-bond donors (Lipinski definition) is 2. The molecule has 3 rings (SSSR count). The van der Waals surface area contributed by atoms with Crippen LogP contribution in [-0.4, -0.2) is 64.2 Å². The highest BCUT2D eigenvalue weighted by molar-refractivity contribution is 14.0. The Bertz CT molecular complexity index is 750. The molecule has 0 bridgehead atoms. The summed E-state index contributed by atoms with van der Waals surface area (Å²) in [6.07, 6.45) is 7.87. The van der Waals surface area contributed by atoms with E-state index in [1.54, 1.807) is 0 Å². The normalized spacial score (nSPS) is 16.0. The quantitative estimate of drug-likeness (QED) is 0.266. The standard InChI is InChI=1S/C20H33N7.HI/c1-20(2,26-13-6-4-7-14-26)16-23-19(21-3)22-12-9-11-18-25-24-17-10-5-8-15-27(17)18;/h5,8,10,15H,4,6-7,9,11-14,16H2,1-3H3,(H2,21,22,23);1H. The van der Waals surface area contributed by atoms with Crippen molar-refractivity contribution in [3.8, 4) is 0 Å². The molecular formula is C20H34IN7. The molecule has 2 aromatic heterocycles. The molecule has 0 saturated carbocycles. The van der Waals surface area contributed by atoms with Crippen molar-refractivity contribution in [2.75, 3.05) is 33.2 Å². The summed E-state index contributed by atoms with van der Waals surface area (Å²) in [5.74, 6) is 1.87. The zero-order chi connectivity index (χ0) is 19.1. The fraction of sp³-hybridized carbons (Fsp3) is 0.650. The monoisotopic (exact) mass is 499 g/mol. The summed E-state index contributed by atoms with van der Waals surface area (Å²) < 4.78 is 2.05. The Morgan fingerprint density at radius 2 is 1.93 bits per heavy atom. The number of pyridine rings is 1. The minimum atomic E-state index is 0. The van der Waals surface area contributed by atoms with Gasteiger partial charge in [0.15, 0.2) is 11.6 Å². The molecule has 0 unspecified atom stereocenters. The van der Waals surface area contributed by atoms with E-state index in [0.717, 1.165) is 43.4 Å². The molecule has 0 aromatic carbocycles. The first-order chi connectivity index (χ1) is 13.1. The molecule has 0 spiro atoms. The van der Waals surface area contributed by atoms with Gasteiger partial charge in [0.25, 0.3) is 0 Å². The van der Waals surface area contributed by atoms with Crippen molar-refractivity contribution in [1.29, 1.82) is 0 Å². The maximum absolute atomic E-state index is 4.36. The molecule has 1 saturated heterocycles. The molecule has 0 radical (unpaired) electrons. The van der Waals surface area contributed by atoms with Gasteiger partial charge in [-0.05, 0) is 58.3 Å². The smallest absolute Gasteiger partial charge is 0.191 e. The highest BCUT2D eigenvalue weighted by Gasteiger charge is 2.27. The summed E-state index contributed by atoms with van der Waals surface area (Å²) in [4.78, 5) is 6.95. The number of guanidine groups is 1. The molecule has 0 amide bonds. The van der Waals surface area contributed by atoms with Gasteiger partial charge in [-0.2, -0.15) is 0 Å². The van der Waals surface area contributed by atoms with Gasteiger partial charge in [-0.1, -0.05) is 12.5 Å². The molecule has 0 aliphatic carbocycles. The second-order valence-electron chi connectivity index (χ2n) is 7.86. The molecule has 1 fully saturated rings. The van der Waals surface area contributed by atoms with E-state index in [-0.39, 0.29) is 29.5 Å². The SMILES string of the molecule is CN=C(NCCCc1nnc2ccccn12)NCC(C)(C)N1CCCCC1.I. The van der Waals surface area contributed by atoms with Crippen LogP contribution in [0.15, 0.2) is 29.4 Å². The Labute approximate surface area is 185 Å². The number of hydrogen-bond acceptors (Lipinski definition) is 4. The van der Waals surface area contributed by atoms with Crippen molar-refractivity contribution in [3.05, 3.63) is 30.2 Å². The van der Waals surface area contributed by atoms with Crippen LogP contribution in [0.5, 0.6) is 0 Å². The Kier molecular flexibility index (Phi) is 8.94. The van der Waals surface area contributed by atoms with E-state index >= 15 is 0 Å². The third kappa shape index (κ3) is 6.04. The molecular weight excluding hydrogens is 465 g/mol. The summed E-state index contributed by atoms with van der Waals surface area (Å²) in [5.41, 5.74) is 1.04.